The highest BCUT2D eigenvalue weighted by atomic mass is 16.2. The van der Waals surface area contributed by atoms with E-state index in [2.05, 4.69) is 4.98 Å². The Kier molecular flexibility index (Phi) is 5.02. The minimum absolute atomic E-state index is 0.0147. The summed E-state index contributed by atoms with van der Waals surface area (Å²) in [5, 5.41) is 0. The summed E-state index contributed by atoms with van der Waals surface area (Å²) in [6.07, 6.45) is 2.54. The predicted molar refractivity (Wildman–Crippen MR) is 106 cm³/mol. The van der Waals surface area contributed by atoms with Crippen LogP contribution in [0.5, 0.6) is 0 Å². The van der Waals surface area contributed by atoms with Crippen LogP contribution in [-0.4, -0.2) is 39.2 Å². The molecule has 2 aromatic carbocycles. The van der Waals surface area contributed by atoms with Gasteiger partial charge in [-0.1, -0.05) is 42.5 Å². The number of aromatic nitrogens is 2. The quantitative estimate of drug-likeness (QED) is 0.657. The van der Waals surface area contributed by atoms with E-state index in [4.69, 9.17) is 0 Å². The van der Waals surface area contributed by atoms with E-state index in [1.807, 2.05) is 48.5 Å². The molecule has 0 aliphatic carbocycles. The van der Waals surface area contributed by atoms with Gasteiger partial charge in [0.2, 0.25) is 5.91 Å². The average Bonchev–Trinajstić information content (AvgIpc) is 2.76. The van der Waals surface area contributed by atoms with Gasteiger partial charge < -0.3 is 4.90 Å². The number of likely N-dealkylation sites (tertiary alicyclic amines) is 1. The summed E-state index contributed by atoms with van der Waals surface area (Å²) < 4.78 is 1.46. The van der Waals surface area contributed by atoms with Gasteiger partial charge in [-0.2, -0.15) is 0 Å². The molecule has 142 valence electrons. The van der Waals surface area contributed by atoms with Crippen molar-refractivity contribution in [3.63, 3.8) is 0 Å². The molecule has 28 heavy (non-hydrogen) atoms. The number of fused-ring (bicyclic) bond motifs is 1. The van der Waals surface area contributed by atoms with Gasteiger partial charge in [-0.05, 0) is 25.0 Å². The maximum atomic E-state index is 12.8. The molecule has 3 aromatic rings. The predicted octanol–water partition coefficient (Wildman–Crippen LogP) is 2.52. The van der Waals surface area contributed by atoms with Crippen LogP contribution in [0, 0.1) is 5.92 Å². The number of nitrogens with zero attached hydrogens (tertiary/aromatic N) is 3. The summed E-state index contributed by atoms with van der Waals surface area (Å²) in [5.41, 5.74) is 1.77. The molecule has 0 bridgehead atoms. The fourth-order valence-electron chi connectivity index (χ4n) is 3.74. The highest BCUT2D eigenvalue weighted by molar-refractivity contribution is 5.98. The van der Waals surface area contributed by atoms with Crippen molar-refractivity contribution in [3.8, 4) is 0 Å². The average molecular weight is 375 g/mol. The second-order valence-electron chi connectivity index (χ2n) is 7.06. The lowest BCUT2D eigenvalue weighted by Crippen LogP contribution is -2.42. The van der Waals surface area contributed by atoms with Crippen LogP contribution in [0.15, 0.2) is 65.6 Å². The third-order valence-electron chi connectivity index (χ3n) is 5.32. The van der Waals surface area contributed by atoms with Crippen molar-refractivity contribution in [2.75, 3.05) is 13.1 Å². The number of para-hydroxylation sites is 2. The minimum atomic E-state index is -0.291. The van der Waals surface area contributed by atoms with E-state index in [1.54, 1.807) is 11.0 Å². The number of hydrogen-bond acceptors (Lipinski definition) is 4. The number of Topliss-reactive ketones (excluding diaryl/α,β-unsaturated/α-hetero) is 1. The third-order valence-corrected chi connectivity index (χ3v) is 5.32. The van der Waals surface area contributed by atoms with Crippen molar-refractivity contribution in [2.45, 2.75) is 19.4 Å². The zero-order valence-electron chi connectivity index (χ0n) is 15.5. The van der Waals surface area contributed by atoms with Crippen LogP contribution in [0.25, 0.3) is 11.0 Å². The van der Waals surface area contributed by atoms with Gasteiger partial charge in [-0.3, -0.25) is 19.0 Å². The Hall–Kier alpha value is -3.28. The zero-order chi connectivity index (χ0) is 19.5. The second-order valence-corrected chi connectivity index (χ2v) is 7.06. The molecule has 0 unspecified atom stereocenters. The van der Waals surface area contributed by atoms with Crippen LogP contribution in [0.4, 0.5) is 0 Å². The van der Waals surface area contributed by atoms with Crippen LogP contribution in [-0.2, 0) is 11.3 Å². The van der Waals surface area contributed by atoms with Gasteiger partial charge in [0.25, 0.3) is 5.56 Å². The van der Waals surface area contributed by atoms with Crippen LogP contribution in [0.1, 0.15) is 23.2 Å². The number of amides is 1. The summed E-state index contributed by atoms with van der Waals surface area (Å²) in [7, 11) is 0. The van der Waals surface area contributed by atoms with E-state index in [0.717, 1.165) is 5.56 Å². The molecule has 1 saturated heterocycles. The summed E-state index contributed by atoms with van der Waals surface area (Å²) in [6, 6.07) is 16.6. The first-order chi connectivity index (χ1) is 13.6. The summed E-state index contributed by atoms with van der Waals surface area (Å²) in [5.74, 6) is -0.0240. The zero-order valence-corrected chi connectivity index (χ0v) is 15.5. The normalized spacial score (nSPS) is 14.9. The Morgan fingerprint density at radius 1 is 0.964 bits per heavy atom. The summed E-state index contributed by atoms with van der Waals surface area (Å²) in [6.45, 7) is 1.04. The van der Waals surface area contributed by atoms with Gasteiger partial charge in [0.15, 0.2) is 5.78 Å². The number of carbonyl (C=O) groups excluding carboxylic acids is 2. The molecule has 0 atom stereocenters. The third kappa shape index (κ3) is 3.58. The molecule has 0 N–H and O–H groups in total. The highest BCUT2D eigenvalue weighted by Crippen LogP contribution is 2.22. The van der Waals surface area contributed by atoms with Crippen LogP contribution in [0.3, 0.4) is 0 Å². The van der Waals surface area contributed by atoms with Gasteiger partial charge in [-0.15, -0.1) is 0 Å². The van der Waals surface area contributed by atoms with Crippen molar-refractivity contribution < 1.29 is 9.59 Å². The Bertz CT molecular complexity index is 1070. The first-order valence-corrected chi connectivity index (χ1v) is 9.45. The lowest BCUT2D eigenvalue weighted by molar-refractivity contribution is -0.133. The molecule has 2 heterocycles. The van der Waals surface area contributed by atoms with Crippen LogP contribution < -0.4 is 5.56 Å². The molecule has 6 heteroatoms. The largest absolute Gasteiger partial charge is 0.341 e. The smallest absolute Gasteiger partial charge is 0.269 e. The second kappa shape index (κ2) is 7.76. The van der Waals surface area contributed by atoms with Crippen molar-refractivity contribution in [3.05, 3.63) is 76.7 Å². The highest BCUT2D eigenvalue weighted by Gasteiger charge is 2.28. The van der Waals surface area contributed by atoms with E-state index in [1.165, 1.54) is 10.8 Å². The first-order valence-electron chi connectivity index (χ1n) is 9.45. The molecule has 0 spiro atoms. The molecular weight excluding hydrogens is 354 g/mol. The molecular formula is C22H21N3O3. The Labute approximate surface area is 162 Å². The first kappa shape index (κ1) is 18.1. The van der Waals surface area contributed by atoms with E-state index in [-0.39, 0.29) is 29.7 Å². The number of hydrogen-bond donors (Lipinski definition) is 0. The number of rotatable bonds is 4. The minimum Gasteiger partial charge on any atom is -0.341 e. The maximum absolute atomic E-state index is 12.8. The standard InChI is InChI=1S/C22H21N3O3/c26-20-14-23-18-8-4-5-9-19(18)25(20)15-21(27)24-12-10-17(11-13-24)22(28)16-6-2-1-3-7-16/h1-9,14,17H,10-13,15H2. The maximum Gasteiger partial charge on any atom is 0.269 e. The number of ketones is 1. The molecule has 6 nitrogen and oxygen atoms in total. The molecule has 1 fully saturated rings. The Morgan fingerprint density at radius 3 is 2.39 bits per heavy atom. The van der Waals surface area contributed by atoms with Gasteiger partial charge in [-0.25, -0.2) is 4.98 Å². The monoisotopic (exact) mass is 375 g/mol. The van der Waals surface area contributed by atoms with E-state index in [9.17, 15) is 14.4 Å². The fraction of sp³-hybridized carbons (Fsp3) is 0.273. The summed E-state index contributed by atoms with van der Waals surface area (Å²) in [4.78, 5) is 43.5. The van der Waals surface area contributed by atoms with Crippen molar-refractivity contribution in [2.24, 2.45) is 5.92 Å². The molecule has 0 radical (unpaired) electrons. The topological polar surface area (TPSA) is 72.3 Å². The van der Waals surface area contributed by atoms with Gasteiger partial charge in [0.1, 0.15) is 6.54 Å². The molecule has 4 rings (SSSR count). The lowest BCUT2D eigenvalue weighted by Gasteiger charge is -2.31. The van der Waals surface area contributed by atoms with E-state index >= 15 is 0 Å². The van der Waals surface area contributed by atoms with Crippen LogP contribution in [0.2, 0.25) is 0 Å². The van der Waals surface area contributed by atoms with Gasteiger partial charge >= 0.3 is 0 Å². The lowest BCUT2D eigenvalue weighted by atomic mass is 9.89. The number of piperidine rings is 1. The molecule has 1 amide bonds. The van der Waals surface area contributed by atoms with Crippen molar-refractivity contribution >= 4 is 22.7 Å². The van der Waals surface area contributed by atoms with Crippen molar-refractivity contribution in [1.29, 1.82) is 0 Å². The van der Waals surface area contributed by atoms with Gasteiger partial charge in [0.05, 0.1) is 17.2 Å². The molecule has 1 aromatic heterocycles. The van der Waals surface area contributed by atoms with E-state index in [0.29, 0.717) is 37.0 Å². The SMILES string of the molecule is O=C(c1ccccc1)C1CCN(C(=O)Cn2c(=O)cnc3ccccc32)CC1. The van der Waals surface area contributed by atoms with Crippen LogP contribution >= 0.6 is 0 Å². The number of carbonyl (C=O) groups is 2. The number of benzene rings is 2. The fourth-order valence-corrected chi connectivity index (χ4v) is 3.74. The van der Waals surface area contributed by atoms with Gasteiger partial charge in [0, 0.05) is 24.6 Å². The Morgan fingerprint density at radius 2 is 1.64 bits per heavy atom. The Balaban J connectivity index is 1.43. The molecule has 1 aliphatic rings. The van der Waals surface area contributed by atoms with Crippen molar-refractivity contribution in [1.82, 2.24) is 14.5 Å². The molecule has 0 saturated carbocycles. The van der Waals surface area contributed by atoms with E-state index < -0.39 is 0 Å². The summed E-state index contributed by atoms with van der Waals surface area (Å²) >= 11 is 0. The molecule has 1 aliphatic heterocycles.